The van der Waals surface area contributed by atoms with Crippen molar-refractivity contribution >= 4 is 21.1 Å². The van der Waals surface area contributed by atoms with Crippen LogP contribution in [-0.4, -0.2) is 38.7 Å². The van der Waals surface area contributed by atoms with Crippen molar-refractivity contribution in [2.75, 3.05) is 5.75 Å². The first kappa shape index (κ1) is 18.2. The van der Waals surface area contributed by atoms with E-state index in [1.165, 1.54) is 17.7 Å². The first-order chi connectivity index (χ1) is 12.0. The molecule has 0 saturated heterocycles. The second kappa shape index (κ2) is 6.01. The molecule has 0 aliphatic carbocycles. The van der Waals surface area contributed by atoms with Crippen LogP contribution in [0.3, 0.4) is 0 Å². The molecule has 7 nitrogen and oxygen atoms in total. The molecular formula is C15H14F3N5O2S. The van der Waals surface area contributed by atoms with E-state index in [0.717, 1.165) is 0 Å². The molecule has 0 unspecified atom stereocenters. The summed E-state index contributed by atoms with van der Waals surface area (Å²) in [5.74, 6) is -0.297. The number of imidazole rings is 1. The zero-order chi connectivity index (χ0) is 19.3. The minimum Gasteiger partial charge on any atom is -0.309 e. The fraction of sp³-hybridized carbons (Fsp3) is 0.333. The molecule has 11 heteroatoms. The van der Waals surface area contributed by atoms with Gasteiger partial charge in [-0.1, -0.05) is 6.92 Å². The van der Waals surface area contributed by atoms with Crippen molar-refractivity contribution in [1.82, 2.24) is 24.5 Å². The Bertz CT molecular complexity index is 1110. The number of nitrogens with zero attached hydrogens (tertiary/aromatic N) is 5. The van der Waals surface area contributed by atoms with Crippen molar-refractivity contribution in [2.24, 2.45) is 7.05 Å². The SMILES string of the molecule is CCS(=O)(=O)c1cc(C(F)(F)F)cnc1-c1nc2nc(C)cnc2n1C. The fourth-order valence-electron chi connectivity index (χ4n) is 2.42. The van der Waals surface area contributed by atoms with E-state index in [1.807, 2.05) is 0 Å². The number of hydrogen-bond donors (Lipinski definition) is 0. The van der Waals surface area contributed by atoms with Crippen molar-refractivity contribution in [1.29, 1.82) is 0 Å². The van der Waals surface area contributed by atoms with E-state index in [2.05, 4.69) is 19.9 Å². The summed E-state index contributed by atoms with van der Waals surface area (Å²) in [6.07, 6.45) is -2.61. The molecule has 0 aliphatic heterocycles. The average Bonchev–Trinajstić information content (AvgIpc) is 2.89. The lowest BCUT2D eigenvalue weighted by Crippen LogP contribution is -2.13. The van der Waals surface area contributed by atoms with Gasteiger partial charge in [0.2, 0.25) is 0 Å². The summed E-state index contributed by atoms with van der Waals surface area (Å²) in [6, 6.07) is 0.590. The highest BCUT2D eigenvalue weighted by molar-refractivity contribution is 7.91. The molecule has 0 saturated carbocycles. The maximum absolute atomic E-state index is 13.0. The second-order valence-corrected chi connectivity index (χ2v) is 7.87. The molecule has 26 heavy (non-hydrogen) atoms. The van der Waals surface area contributed by atoms with Gasteiger partial charge in [-0.3, -0.25) is 4.98 Å². The lowest BCUT2D eigenvalue weighted by atomic mass is 10.2. The summed E-state index contributed by atoms with van der Waals surface area (Å²) in [6.45, 7) is 3.06. The monoisotopic (exact) mass is 385 g/mol. The topological polar surface area (TPSA) is 90.6 Å². The Labute approximate surface area is 146 Å². The zero-order valence-electron chi connectivity index (χ0n) is 14.0. The van der Waals surface area contributed by atoms with E-state index in [0.29, 0.717) is 23.6 Å². The maximum atomic E-state index is 13.0. The summed E-state index contributed by atoms with van der Waals surface area (Å²) in [7, 11) is -2.41. The van der Waals surface area contributed by atoms with Gasteiger partial charge in [0.05, 0.1) is 28.1 Å². The Morgan fingerprint density at radius 3 is 2.46 bits per heavy atom. The lowest BCUT2D eigenvalue weighted by Gasteiger charge is -2.12. The Kier molecular flexibility index (Phi) is 4.21. The number of aromatic nitrogens is 5. The third kappa shape index (κ3) is 3.02. The summed E-state index contributed by atoms with van der Waals surface area (Å²) in [5, 5.41) is 0. The fourth-order valence-corrected chi connectivity index (χ4v) is 3.47. The van der Waals surface area contributed by atoms with Crippen molar-refractivity contribution in [2.45, 2.75) is 24.9 Å². The third-order valence-electron chi connectivity index (χ3n) is 3.81. The number of aryl methyl sites for hydroxylation is 2. The van der Waals surface area contributed by atoms with Crippen LogP contribution in [-0.2, 0) is 23.1 Å². The van der Waals surface area contributed by atoms with Gasteiger partial charge in [-0.25, -0.2) is 23.4 Å². The molecule has 0 aliphatic rings. The number of sulfone groups is 1. The van der Waals surface area contributed by atoms with E-state index in [1.54, 1.807) is 14.0 Å². The number of rotatable bonds is 3. The highest BCUT2D eigenvalue weighted by Gasteiger charge is 2.34. The Morgan fingerprint density at radius 2 is 1.85 bits per heavy atom. The quantitative estimate of drug-likeness (QED) is 0.688. The van der Waals surface area contributed by atoms with Gasteiger partial charge in [0.25, 0.3) is 0 Å². The van der Waals surface area contributed by atoms with Gasteiger partial charge in [-0.15, -0.1) is 0 Å². The average molecular weight is 385 g/mol. The maximum Gasteiger partial charge on any atom is 0.417 e. The normalized spacial score (nSPS) is 12.7. The highest BCUT2D eigenvalue weighted by Crippen LogP contribution is 2.34. The van der Waals surface area contributed by atoms with Crippen LogP contribution in [0, 0.1) is 6.92 Å². The molecule has 0 amide bonds. The molecule has 3 aromatic rings. The number of halogens is 3. The molecule has 138 valence electrons. The number of hydrogen-bond acceptors (Lipinski definition) is 6. The van der Waals surface area contributed by atoms with Crippen molar-refractivity contribution in [3.63, 3.8) is 0 Å². The van der Waals surface area contributed by atoms with Crippen LogP contribution in [0.5, 0.6) is 0 Å². The van der Waals surface area contributed by atoms with Gasteiger partial charge < -0.3 is 4.57 Å². The minimum atomic E-state index is -4.71. The van der Waals surface area contributed by atoms with Gasteiger partial charge in [-0.2, -0.15) is 13.2 Å². The molecule has 3 rings (SSSR count). The number of alkyl halides is 3. The summed E-state index contributed by atoms with van der Waals surface area (Å²) in [5.41, 5.74) is -0.0842. The summed E-state index contributed by atoms with van der Waals surface area (Å²) in [4.78, 5) is 15.8. The van der Waals surface area contributed by atoms with Crippen LogP contribution in [0.15, 0.2) is 23.4 Å². The van der Waals surface area contributed by atoms with Crippen LogP contribution in [0.2, 0.25) is 0 Å². The van der Waals surface area contributed by atoms with E-state index >= 15 is 0 Å². The van der Waals surface area contributed by atoms with E-state index < -0.39 is 26.5 Å². The van der Waals surface area contributed by atoms with Crippen molar-refractivity contribution < 1.29 is 21.6 Å². The van der Waals surface area contributed by atoms with E-state index in [4.69, 9.17) is 0 Å². The first-order valence-electron chi connectivity index (χ1n) is 7.51. The first-order valence-corrected chi connectivity index (χ1v) is 9.16. The molecule has 0 N–H and O–H groups in total. The van der Waals surface area contributed by atoms with Crippen molar-refractivity contribution in [3.8, 4) is 11.5 Å². The van der Waals surface area contributed by atoms with Gasteiger partial charge in [0.1, 0.15) is 5.69 Å². The molecule has 0 bridgehead atoms. The van der Waals surface area contributed by atoms with Gasteiger partial charge in [0, 0.05) is 13.2 Å². The third-order valence-corrected chi connectivity index (χ3v) is 5.55. The summed E-state index contributed by atoms with van der Waals surface area (Å²) < 4.78 is 65.2. The second-order valence-electron chi connectivity index (χ2n) is 5.62. The Hall–Kier alpha value is -2.56. The Balaban J connectivity index is 2.33. The molecule has 0 atom stereocenters. The van der Waals surface area contributed by atoms with E-state index in [9.17, 15) is 21.6 Å². The molecule has 0 spiro atoms. The van der Waals surface area contributed by atoms with Crippen molar-refractivity contribution in [3.05, 3.63) is 29.7 Å². The molecule has 0 aromatic carbocycles. The van der Waals surface area contributed by atoms with Crippen LogP contribution < -0.4 is 0 Å². The number of pyridine rings is 1. The zero-order valence-corrected chi connectivity index (χ0v) is 14.9. The van der Waals surface area contributed by atoms with Crippen LogP contribution in [0.1, 0.15) is 18.2 Å². The van der Waals surface area contributed by atoms with Crippen LogP contribution in [0.4, 0.5) is 13.2 Å². The van der Waals surface area contributed by atoms with E-state index in [-0.39, 0.29) is 22.9 Å². The predicted octanol–water partition coefficient (Wildman–Crippen LogP) is 2.55. The number of fused-ring (bicyclic) bond motifs is 1. The standard InChI is InChI=1S/C15H14F3N5O2S/c1-4-26(24,25)10-5-9(15(16,17)18)7-19-11(10)13-22-12-14(23(13)3)20-6-8(2)21-12/h5-7H,4H2,1-3H3. The molecule has 3 heterocycles. The van der Waals surface area contributed by atoms with Crippen LogP contribution >= 0.6 is 0 Å². The molecule has 3 aromatic heterocycles. The van der Waals surface area contributed by atoms with Crippen LogP contribution in [0.25, 0.3) is 22.8 Å². The molecule has 0 fully saturated rings. The lowest BCUT2D eigenvalue weighted by molar-refractivity contribution is -0.138. The van der Waals surface area contributed by atoms with Gasteiger partial charge in [0.15, 0.2) is 27.0 Å². The molecule has 0 radical (unpaired) electrons. The predicted molar refractivity (Wildman–Crippen MR) is 87.0 cm³/mol. The molecular weight excluding hydrogens is 371 g/mol. The highest BCUT2D eigenvalue weighted by atomic mass is 32.2. The minimum absolute atomic E-state index is 0.0753. The summed E-state index contributed by atoms with van der Waals surface area (Å²) >= 11 is 0. The largest absolute Gasteiger partial charge is 0.417 e. The van der Waals surface area contributed by atoms with Gasteiger partial charge >= 0.3 is 6.18 Å². The van der Waals surface area contributed by atoms with Gasteiger partial charge in [-0.05, 0) is 13.0 Å². The smallest absolute Gasteiger partial charge is 0.309 e. The Morgan fingerprint density at radius 1 is 1.15 bits per heavy atom.